The zero-order valence-electron chi connectivity index (χ0n) is 13.6. The van der Waals surface area contributed by atoms with E-state index in [2.05, 4.69) is 10.6 Å². The third-order valence-electron chi connectivity index (χ3n) is 3.70. The van der Waals surface area contributed by atoms with E-state index in [1.54, 1.807) is 20.8 Å². The molecule has 0 spiro atoms. The number of carbonyl (C=O) groups is 2. The summed E-state index contributed by atoms with van der Waals surface area (Å²) in [6.45, 7) is 7.37. The van der Waals surface area contributed by atoms with E-state index in [0.717, 1.165) is 5.56 Å². The molecule has 5 heteroatoms. The zero-order valence-corrected chi connectivity index (χ0v) is 13.6. The summed E-state index contributed by atoms with van der Waals surface area (Å²) in [5, 5.41) is 5.61. The molecule has 0 unspecified atom stereocenters. The molecular formula is C17H24N2O3. The maximum absolute atomic E-state index is 12.1. The largest absolute Gasteiger partial charge is 0.444 e. The van der Waals surface area contributed by atoms with Crippen LogP contribution in [-0.4, -0.2) is 29.7 Å². The predicted molar refractivity (Wildman–Crippen MR) is 84.6 cm³/mol. The number of alkyl carbamates (subject to hydrolysis) is 1. The van der Waals surface area contributed by atoms with Crippen molar-refractivity contribution in [2.45, 2.75) is 57.7 Å². The van der Waals surface area contributed by atoms with Gasteiger partial charge in [-0.25, -0.2) is 4.79 Å². The van der Waals surface area contributed by atoms with Crippen LogP contribution in [0.3, 0.4) is 0 Å². The Morgan fingerprint density at radius 3 is 2.50 bits per heavy atom. The van der Waals surface area contributed by atoms with E-state index in [9.17, 15) is 9.59 Å². The lowest BCUT2D eigenvalue weighted by molar-refractivity contribution is -0.126. The molecule has 120 valence electrons. The summed E-state index contributed by atoms with van der Waals surface area (Å²) < 4.78 is 5.23. The Bertz CT molecular complexity index is 537. The monoisotopic (exact) mass is 304 g/mol. The van der Waals surface area contributed by atoms with Gasteiger partial charge in [0.2, 0.25) is 5.91 Å². The molecule has 0 bridgehead atoms. The number of piperidine rings is 1. The standard InChI is InChI=1S/C17H24N2O3/c1-11-13(12-8-6-5-7-9-12)10-14(15(20)18-11)19-16(21)22-17(2,3)4/h5-9,11,13-14H,10H2,1-4H3,(H,18,20)(H,19,21)/t11-,13-,14-/m0/s1. The number of ether oxygens (including phenoxy) is 1. The quantitative estimate of drug-likeness (QED) is 0.882. The lowest BCUT2D eigenvalue weighted by Crippen LogP contribution is -2.56. The van der Waals surface area contributed by atoms with Crippen LogP contribution in [0.2, 0.25) is 0 Å². The summed E-state index contributed by atoms with van der Waals surface area (Å²) in [6, 6.07) is 9.48. The average molecular weight is 304 g/mol. The molecule has 3 atom stereocenters. The second kappa shape index (κ2) is 6.38. The highest BCUT2D eigenvalue weighted by atomic mass is 16.6. The lowest BCUT2D eigenvalue weighted by atomic mass is 9.83. The molecule has 1 aromatic carbocycles. The topological polar surface area (TPSA) is 67.4 Å². The SMILES string of the molecule is C[C@@H]1NC(=O)[C@@H](NC(=O)OC(C)(C)C)C[C@@H]1c1ccccc1. The van der Waals surface area contributed by atoms with E-state index < -0.39 is 17.7 Å². The van der Waals surface area contributed by atoms with Crippen molar-refractivity contribution in [2.24, 2.45) is 0 Å². The fourth-order valence-corrected chi connectivity index (χ4v) is 2.69. The minimum Gasteiger partial charge on any atom is -0.444 e. The average Bonchev–Trinajstić information content (AvgIpc) is 2.41. The fraction of sp³-hybridized carbons (Fsp3) is 0.529. The molecule has 0 radical (unpaired) electrons. The first kappa shape index (κ1) is 16.3. The van der Waals surface area contributed by atoms with Crippen molar-refractivity contribution in [2.75, 3.05) is 0 Å². The summed E-state index contributed by atoms with van der Waals surface area (Å²) in [6.07, 6.45) is 0.00463. The van der Waals surface area contributed by atoms with Crippen LogP contribution in [0.15, 0.2) is 30.3 Å². The Balaban J connectivity index is 2.06. The van der Waals surface area contributed by atoms with Gasteiger partial charge in [-0.3, -0.25) is 4.79 Å². The zero-order chi connectivity index (χ0) is 16.3. The van der Waals surface area contributed by atoms with E-state index in [1.807, 2.05) is 37.3 Å². The molecule has 1 aliphatic rings. The summed E-state index contributed by atoms with van der Waals surface area (Å²) in [5.74, 6) is 0.00405. The van der Waals surface area contributed by atoms with Gasteiger partial charge in [-0.1, -0.05) is 30.3 Å². The van der Waals surface area contributed by atoms with Crippen molar-refractivity contribution >= 4 is 12.0 Å². The van der Waals surface area contributed by atoms with Crippen molar-refractivity contribution in [1.29, 1.82) is 0 Å². The Morgan fingerprint density at radius 2 is 1.91 bits per heavy atom. The molecule has 0 aromatic heterocycles. The number of benzene rings is 1. The molecule has 1 aliphatic heterocycles. The number of amides is 2. The van der Waals surface area contributed by atoms with Gasteiger partial charge in [0.15, 0.2) is 0 Å². The van der Waals surface area contributed by atoms with Gasteiger partial charge in [-0.15, -0.1) is 0 Å². The number of hydrogen-bond acceptors (Lipinski definition) is 3. The third-order valence-corrected chi connectivity index (χ3v) is 3.70. The summed E-state index contributed by atoms with van der Waals surface area (Å²) >= 11 is 0. The highest BCUT2D eigenvalue weighted by Crippen LogP contribution is 2.28. The summed E-state index contributed by atoms with van der Waals surface area (Å²) in [5.41, 5.74) is 0.576. The normalized spacial score (nSPS) is 25.3. The van der Waals surface area contributed by atoms with Crippen LogP contribution in [0.1, 0.15) is 45.6 Å². The van der Waals surface area contributed by atoms with Crippen LogP contribution in [0.4, 0.5) is 4.79 Å². The van der Waals surface area contributed by atoms with Crippen molar-refractivity contribution in [3.05, 3.63) is 35.9 Å². The molecule has 1 fully saturated rings. The van der Waals surface area contributed by atoms with E-state index in [4.69, 9.17) is 4.74 Å². The molecule has 2 rings (SSSR count). The lowest BCUT2D eigenvalue weighted by Gasteiger charge is -2.35. The second-order valence-corrected chi connectivity index (χ2v) is 6.75. The Hall–Kier alpha value is -2.04. The first-order valence-electron chi connectivity index (χ1n) is 7.61. The maximum atomic E-state index is 12.1. The summed E-state index contributed by atoms with van der Waals surface area (Å²) in [4.78, 5) is 24.0. The van der Waals surface area contributed by atoms with Gasteiger partial charge in [0, 0.05) is 12.0 Å². The van der Waals surface area contributed by atoms with Gasteiger partial charge in [-0.05, 0) is 39.7 Å². The van der Waals surface area contributed by atoms with Gasteiger partial charge in [0.25, 0.3) is 0 Å². The first-order chi connectivity index (χ1) is 10.3. The second-order valence-electron chi connectivity index (χ2n) is 6.75. The van der Waals surface area contributed by atoms with Gasteiger partial charge in [0.05, 0.1) is 0 Å². The minimum absolute atomic E-state index is 0.0339. The van der Waals surface area contributed by atoms with Crippen LogP contribution >= 0.6 is 0 Å². The van der Waals surface area contributed by atoms with Crippen LogP contribution in [0.5, 0.6) is 0 Å². The van der Waals surface area contributed by atoms with Gasteiger partial charge < -0.3 is 15.4 Å². The number of nitrogens with one attached hydrogen (secondary N) is 2. The Morgan fingerprint density at radius 1 is 1.27 bits per heavy atom. The van der Waals surface area contributed by atoms with E-state index >= 15 is 0 Å². The number of rotatable bonds is 2. The molecule has 1 aromatic rings. The van der Waals surface area contributed by atoms with Gasteiger partial charge in [-0.2, -0.15) is 0 Å². The molecule has 1 heterocycles. The molecular weight excluding hydrogens is 280 g/mol. The van der Waals surface area contributed by atoms with Crippen molar-refractivity contribution in [3.8, 4) is 0 Å². The van der Waals surface area contributed by atoms with E-state index in [-0.39, 0.29) is 17.9 Å². The van der Waals surface area contributed by atoms with Crippen LogP contribution in [0.25, 0.3) is 0 Å². The van der Waals surface area contributed by atoms with E-state index in [1.165, 1.54) is 0 Å². The van der Waals surface area contributed by atoms with Crippen molar-refractivity contribution < 1.29 is 14.3 Å². The van der Waals surface area contributed by atoms with Crippen LogP contribution in [0, 0.1) is 0 Å². The Labute approximate surface area is 131 Å². The molecule has 22 heavy (non-hydrogen) atoms. The smallest absolute Gasteiger partial charge is 0.408 e. The highest BCUT2D eigenvalue weighted by Gasteiger charge is 2.35. The first-order valence-corrected chi connectivity index (χ1v) is 7.61. The van der Waals surface area contributed by atoms with Crippen LogP contribution < -0.4 is 10.6 Å². The maximum Gasteiger partial charge on any atom is 0.408 e. The van der Waals surface area contributed by atoms with Gasteiger partial charge >= 0.3 is 6.09 Å². The molecule has 0 saturated carbocycles. The third kappa shape index (κ3) is 4.23. The minimum atomic E-state index is -0.582. The number of carbonyl (C=O) groups excluding carboxylic acids is 2. The molecule has 0 aliphatic carbocycles. The molecule has 2 amide bonds. The van der Waals surface area contributed by atoms with E-state index in [0.29, 0.717) is 6.42 Å². The summed E-state index contributed by atoms with van der Waals surface area (Å²) in [7, 11) is 0. The van der Waals surface area contributed by atoms with Crippen LogP contribution in [-0.2, 0) is 9.53 Å². The number of hydrogen-bond donors (Lipinski definition) is 2. The molecule has 2 N–H and O–H groups in total. The fourth-order valence-electron chi connectivity index (χ4n) is 2.69. The van der Waals surface area contributed by atoms with Gasteiger partial charge in [0.1, 0.15) is 11.6 Å². The Kier molecular flexibility index (Phi) is 4.74. The molecule has 1 saturated heterocycles. The molecule has 5 nitrogen and oxygen atoms in total. The van der Waals surface area contributed by atoms with Crippen molar-refractivity contribution in [3.63, 3.8) is 0 Å². The van der Waals surface area contributed by atoms with Crippen molar-refractivity contribution in [1.82, 2.24) is 10.6 Å². The highest BCUT2D eigenvalue weighted by molar-refractivity contribution is 5.86. The predicted octanol–water partition coefficient (Wildman–Crippen LogP) is 2.57.